The zero-order valence-electron chi connectivity index (χ0n) is 12.2. The quantitative estimate of drug-likeness (QED) is 0.768. The van der Waals surface area contributed by atoms with Crippen LogP contribution in [0.15, 0.2) is 29.4 Å². The predicted octanol–water partition coefficient (Wildman–Crippen LogP) is -0.964. The van der Waals surface area contributed by atoms with Gasteiger partial charge in [-0.1, -0.05) is 0 Å². The number of pyridine rings is 1. The predicted molar refractivity (Wildman–Crippen MR) is 77.9 cm³/mol. The molecule has 120 valence electrons. The lowest BCUT2D eigenvalue weighted by Gasteiger charge is -2.21. The molecule has 9 heteroatoms. The van der Waals surface area contributed by atoms with Crippen molar-refractivity contribution in [3.63, 3.8) is 0 Å². The maximum Gasteiger partial charge on any atom is 0.244 e. The summed E-state index contributed by atoms with van der Waals surface area (Å²) in [5.41, 5.74) is 5.33. The molecule has 1 aliphatic rings. The van der Waals surface area contributed by atoms with E-state index in [-0.39, 0.29) is 37.0 Å². The van der Waals surface area contributed by atoms with Gasteiger partial charge >= 0.3 is 0 Å². The second-order valence-corrected chi connectivity index (χ2v) is 7.05. The molecule has 2 N–H and O–H groups in total. The van der Waals surface area contributed by atoms with E-state index in [2.05, 4.69) is 4.98 Å². The summed E-state index contributed by atoms with van der Waals surface area (Å²) in [5.74, 6) is -1.58. The number of primary amides is 1. The van der Waals surface area contributed by atoms with Gasteiger partial charge in [0.15, 0.2) is 0 Å². The van der Waals surface area contributed by atoms with Crippen molar-refractivity contribution in [2.24, 2.45) is 11.7 Å². The molecule has 22 heavy (non-hydrogen) atoms. The number of aromatic nitrogens is 1. The van der Waals surface area contributed by atoms with Crippen molar-refractivity contribution in [1.29, 1.82) is 0 Å². The first kappa shape index (κ1) is 16.4. The fraction of sp³-hybridized carbons (Fsp3) is 0.462. The fourth-order valence-corrected chi connectivity index (χ4v) is 3.76. The Hall–Kier alpha value is -2.00. The number of rotatable bonds is 3. The van der Waals surface area contributed by atoms with Crippen LogP contribution in [-0.4, -0.2) is 60.6 Å². The second-order valence-electron chi connectivity index (χ2n) is 5.12. The molecule has 0 radical (unpaired) electrons. The fourth-order valence-electron chi connectivity index (χ4n) is 2.32. The van der Waals surface area contributed by atoms with Crippen molar-refractivity contribution in [3.05, 3.63) is 24.5 Å². The van der Waals surface area contributed by atoms with Crippen LogP contribution < -0.4 is 5.73 Å². The van der Waals surface area contributed by atoms with Gasteiger partial charge in [-0.15, -0.1) is 0 Å². The van der Waals surface area contributed by atoms with Crippen molar-refractivity contribution < 1.29 is 18.0 Å². The summed E-state index contributed by atoms with van der Waals surface area (Å²) in [6.45, 7) is 1.79. The average Bonchev–Trinajstić information content (AvgIpc) is 2.71. The summed E-state index contributed by atoms with van der Waals surface area (Å²) in [6, 6.07) is 2.97. The number of hydrogen-bond acceptors (Lipinski definition) is 5. The molecule has 0 aliphatic carbocycles. The Morgan fingerprint density at radius 1 is 1.32 bits per heavy atom. The van der Waals surface area contributed by atoms with Gasteiger partial charge in [0.05, 0.1) is 5.92 Å². The largest absolute Gasteiger partial charge is 0.369 e. The van der Waals surface area contributed by atoms with Crippen LogP contribution in [0.25, 0.3) is 0 Å². The van der Waals surface area contributed by atoms with Gasteiger partial charge in [0.25, 0.3) is 0 Å². The molecule has 1 atom stereocenters. The molecule has 0 spiro atoms. The highest BCUT2D eigenvalue weighted by atomic mass is 32.2. The lowest BCUT2D eigenvalue weighted by Crippen LogP contribution is -2.40. The van der Waals surface area contributed by atoms with E-state index in [1.807, 2.05) is 0 Å². The van der Waals surface area contributed by atoms with Crippen molar-refractivity contribution in [3.8, 4) is 0 Å². The normalized spacial score (nSPS) is 20.4. The van der Waals surface area contributed by atoms with Gasteiger partial charge in [-0.2, -0.15) is 4.31 Å². The number of sulfonamides is 1. The first-order valence-corrected chi connectivity index (χ1v) is 8.21. The van der Waals surface area contributed by atoms with Gasteiger partial charge < -0.3 is 10.6 Å². The first-order chi connectivity index (χ1) is 10.3. The number of amides is 2. The standard InChI is InChI=1S/C13H18N4O4S/c1-10(18)16-5-6-17(9-11(8-16)13(14)19)22(20,21)12-3-2-4-15-7-12/h2-4,7,11H,5-6,8-9H2,1H3,(H2,14,19). The molecule has 2 rings (SSSR count). The lowest BCUT2D eigenvalue weighted by atomic mass is 10.1. The summed E-state index contributed by atoms with van der Waals surface area (Å²) in [4.78, 5) is 28.4. The molecule has 1 fully saturated rings. The molecular formula is C13H18N4O4S. The minimum absolute atomic E-state index is 0.0453. The molecular weight excluding hydrogens is 308 g/mol. The molecule has 0 saturated carbocycles. The topological polar surface area (TPSA) is 114 Å². The third-order valence-electron chi connectivity index (χ3n) is 3.60. The maximum atomic E-state index is 12.6. The molecule has 1 aromatic rings. The number of hydrogen-bond donors (Lipinski definition) is 1. The molecule has 1 unspecified atom stereocenters. The first-order valence-electron chi connectivity index (χ1n) is 6.77. The summed E-state index contributed by atoms with van der Waals surface area (Å²) in [5, 5.41) is 0. The van der Waals surface area contributed by atoms with E-state index in [9.17, 15) is 18.0 Å². The summed E-state index contributed by atoms with van der Waals surface area (Å²) >= 11 is 0. The highest BCUT2D eigenvalue weighted by Gasteiger charge is 2.34. The molecule has 2 amide bonds. The third kappa shape index (κ3) is 3.42. The molecule has 8 nitrogen and oxygen atoms in total. The zero-order chi connectivity index (χ0) is 16.3. The van der Waals surface area contributed by atoms with E-state index >= 15 is 0 Å². The van der Waals surface area contributed by atoms with Crippen LogP contribution in [0.5, 0.6) is 0 Å². The van der Waals surface area contributed by atoms with E-state index in [0.29, 0.717) is 0 Å². The van der Waals surface area contributed by atoms with Crippen LogP contribution in [0.2, 0.25) is 0 Å². The maximum absolute atomic E-state index is 12.6. The Bertz CT molecular complexity index is 662. The van der Waals surface area contributed by atoms with Crippen molar-refractivity contribution in [1.82, 2.24) is 14.2 Å². The Labute approximate surface area is 129 Å². The second kappa shape index (κ2) is 6.41. The Morgan fingerprint density at radius 2 is 2.05 bits per heavy atom. The number of nitrogens with two attached hydrogens (primary N) is 1. The third-order valence-corrected chi connectivity index (χ3v) is 5.45. The minimum Gasteiger partial charge on any atom is -0.369 e. The van der Waals surface area contributed by atoms with Gasteiger partial charge in [0.1, 0.15) is 4.90 Å². The van der Waals surface area contributed by atoms with Crippen LogP contribution in [-0.2, 0) is 19.6 Å². The molecule has 2 heterocycles. The number of carbonyl (C=O) groups excluding carboxylic acids is 2. The highest BCUT2D eigenvalue weighted by Crippen LogP contribution is 2.19. The van der Waals surface area contributed by atoms with Crippen molar-refractivity contribution in [2.45, 2.75) is 11.8 Å². The SMILES string of the molecule is CC(=O)N1CCN(S(=O)(=O)c2cccnc2)CC(C(N)=O)C1. The minimum atomic E-state index is -3.78. The Balaban J connectivity index is 2.31. The smallest absolute Gasteiger partial charge is 0.244 e. The van der Waals surface area contributed by atoms with Crippen LogP contribution in [0.4, 0.5) is 0 Å². The molecule has 0 aromatic carbocycles. The van der Waals surface area contributed by atoms with Gasteiger partial charge in [-0.25, -0.2) is 8.42 Å². The molecule has 1 saturated heterocycles. The summed E-state index contributed by atoms with van der Waals surface area (Å²) in [7, 11) is -3.78. The molecule has 0 bridgehead atoms. The van der Waals surface area contributed by atoms with Gasteiger partial charge in [-0.3, -0.25) is 14.6 Å². The highest BCUT2D eigenvalue weighted by molar-refractivity contribution is 7.89. The Kier molecular flexibility index (Phi) is 4.77. The van der Waals surface area contributed by atoms with Crippen LogP contribution in [0.1, 0.15) is 6.92 Å². The molecule has 1 aromatic heterocycles. The number of carbonyl (C=O) groups is 2. The zero-order valence-corrected chi connectivity index (χ0v) is 13.0. The van der Waals surface area contributed by atoms with Crippen molar-refractivity contribution >= 4 is 21.8 Å². The van der Waals surface area contributed by atoms with Crippen LogP contribution >= 0.6 is 0 Å². The van der Waals surface area contributed by atoms with Gasteiger partial charge in [0, 0.05) is 45.5 Å². The Morgan fingerprint density at radius 3 is 2.59 bits per heavy atom. The summed E-state index contributed by atoms with van der Waals surface area (Å²) < 4.78 is 26.4. The van der Waals surface area contributed by atoms with E-state index in [1.54, 1.807) is 0 Å². The monoisotopic (exact) mass is 326 g/mol. The van der Waals surface area contributed by atoms with E-state index in [1.165, 1.54) is 40.7 Å². The lowest BCUT2D eigenvalue weighted by molar-refractivity contribution is -0.130. The molecule has 1 aliphatic heterocycles. The summed E-state index contributed by atoms with van der Waals surface area (Å²) in [6.07, 6.45) is 2.73. The number of nitrogens with zero attached hydrogens (tertiary/aromatic N) is 3. The van der Waals surface area contributed by atoms with Crippen LogP contribution in [0.3, 0.4) is 0 Å². The van der Waals surface area contributed by atoms with Crippen LogP contribution in [0, 0.1) is 5.92 Å². The van der Waals surface area contributed by atoms with E-state index in [4.69, 9.17) is 5.73 Å². The van der Waals surface area contributed by atoms with Gasteiger partial charge in [-0.05, 0) is 12.1 Å². The van der Waals surface area contributed by atoms with Gasteiger partial charge in [0.2, 0.25) is 21.8 Å². The van der Waals surface area contributed by atoms with Crippen molar-refractivity contribution in [2.75, 3.05) is 26.2 Å². The average molecular weight is 326 g/mol. The van der Waals surface area contributed by atoms with E-state index in [0.717, 1.165) is 0 Å². The van der Waals surface area contributed by atoms with E-state index < -0.39 is 21.8 Å².